The topological polar surface area (TPSA) is 105 Å². The molecule has 0 bridgehead atoms. The van der Waals surface area contributed by atoms with Crippen LogP contribution in [0.1, 0.15) is 28.9 Å². The minimum absolute atomic E-state index is 0.0000848. The maximum atomic E-state index is 12.2. The molecule has 27 heavy (non-hydrogen) atoms. The summed E-state index contributed by atoms with van der Waals surface area (Å²) in [5.74, 6) is 0.441. The van der Waals surface area contributed by atoms with E-state index in [9.17, 15) is 4.79 Å². The van der Waals surface area contributed by atoms with E-state index >= 15 is 0 Å². The third kappa shape index (κ3) is 4.65. The number of benzene rings is 2. The molecule has 0 aliphatic carbocycles. The van der Waals surface area contributed by atoms with Crippen LogP contribution >= 0.6 is 11.6 Å². The van der Waals surface area contributed by atoms with Crippen LogP contribution < -0.4 is 21.9 Å². The van der Waals surface area contributed by atoms with Crippen LogP contribution in [0, 0.1) is 0 Å². The number of rotatable bonds is 6. The van der Waals surface area contributed by atoms with E-state index in [1.54, 1.807) is 24.3 Å². The number of aromatic nitrogens is 2. The van der Waals surface area contributed by atoms with Crippen molar-refractivity contribution in [2.45, 2.75) is 13.0 Å². The van der Waals surface area contributed by atoms with Gasteiger partial charge in [0.1, 0.15) is 12.0 Å². The Bertz CT molecular complexity index is 917. The van der Waals surface area contributed by atoms with Gasteiger partial charge in [0.15, 0.2) is 11.6 Å². The lowest BCUT2D eigenvalue weighted by molar-refractivity contribution is 0.0962. The molecule has 8 heteroatoms. The molecule has 1 heterocycles. The molecular weight excluding hydrogens is 364 g/mol. The summed E-state index contributed by atoms with van der Waals surface area (Å²) >= 11 is 5.83. The Kier molecular flexibility index (Phi) is 5.73. The van der Waals surface area contributed by atoms with Gasteiger partial charge < -0.3 is 11.1 Å². The van der Waals surface area contributed by atoms with Crippen LogP contribution in [0.2, 0.25) is 5.02 Å². The van der Waals surface area contributed by atoms with Crippen molar-refractivity contribution in [3.8, 4) is 0 Å². The Morgan fingerprint density at radius 1 is 1.04 bits per heavy atom. The molecule has 2 aromatic carbocycles. The van der Waals surface area contributed by atoms with E-state index in [0.29, 0.717) is 27.9 Å². The van der Waals surface area contributed by atoms with Gasteiger partial charge in [0.2, 0.25) is 0 Å². The molecule has 3 aromatic rings. The number of nitrogens with one attached hydrogen (secondary N) is 3. The van der Waals surface area contributed by atoms with Crippen LogP contribution in [-0.2, 0) is 0 Å². The third-order valence-corrected chi connectivity index (χ3v) is 4.19. The lowest BCUT2D eigenvalue weighted by atomic mass is 10.1. The van der Waals surface area contributed by atoms with E-state index in [-0.39, 0.29) is 11.9 Å². The van der Waals surface area contributed by atoms with E-state index in [1.165, 1.54) is 6.33 Å². The maximum Gasteiger partial charge on any atom is 0.269 e. The normalized spacial score (nSPS) is 11.5. The minimum Gasteiger partial charge on any atom is -0.393 e. The number of anilines is 3. The van der Waals surface area contributed by atoms with Gasteiger partial charge in [-0.2, -0.15) is 0 Å². The number of hydrogen-bond donors (Lipinski definition) is 4. The number of carbonyl (C=O) groups is 1. The summed E-state index contributed by atoms with van der Waals surface area (Å²) in [6, 6.07) is 16.5. The molecule has 3 rings (SSSR count). The van der Waals surface area contributed by atoms with Crippen LogP contribution in [0.5, 0.6) is 0 Å². The largest absolute Gasteiger partial charge is 0.393 e. The standard InChI is InChI=1S/C19H19ClN6O/c1-12(13-5-3-2-4-6-13)24-17-16(21)18(23-11-22-17)25-26-19(27)14-7-9-15(20)10-8-14/h2-12H,21H2,1H3,(H,26,27)(H2,22,23,24,25). The molecule has 0 aliphatic heterocycles. The second kappa shape index (κ2) is 8.37. The number of halogens is 1. The first-order chi connectivity index (χ1) is 13.0. The highest BCUT2D eigenvalue weighted by atomic mass is 35.5. The highest BCUT2D eigenvalue weighted by Crippen LogP contribution is 2.26. The van der Waals surface area contributed by atoms with Crippen LogP contribution in [0.15, 0.2) is 60.9 Å². The Balaban J connectivity index is 1.67. The molecule has 138 valence electrons. The van der Waals surface area contributed by atoms with Crippen molar-refractivity contribution in [2.24, 2.45) is 0 Å². The molecule has 0 saturated carbocycles. The van der Waals surface area contributed by atoms with Gasteiger partial charge in [0.05, 0.1) is 6.04 Å². The molecule has 1 atom stereocenters. The summed E-state index contributed by atoms with van der Waals surface area (Å²) in [4.78, 5) is 20.4. The van der Waals surface area contributed by atoms with Crippen molar-refractivity contribution in [1.82, 2.24) is 15.4 Å². The zero-order chi connectivity index (χ0) is 19.2. The first-order valence-electron chi connectivity index (χ1n) is 8.28. The molecule has 0 radical (unpaired) electrons. The predicted octanol–water partition coefficient (Wildman–Crippen LogP) is 3.64. The van der Waals surface area contributed by atoms with Gasteiger partial charge in [0.25, 0.3) is 5.91 Å². The smallest absolute Gasteiger partial charge is 0.269 e. The molecule has 0 aliphatic rings. The van der Waals surface area contributed by atoms with E-state index in [4.69, 9.17) is 17.3 Å². The SMILES string of the molecule is CC(Nc1ncnc(NNC(=O)c2ccc(Cl)cc2)c1N)c1ccccc1. The number of amides is 1. The molecule has 5 N–H and O–H groups in total. The molecule has 7 nitrogen and oxygen atoms in total. The monoisotopic (exact) mass is 382 g/mol. The number of carbonyl (C=O) groups excluding carboxylic acids is 1. The summed E-state index contributed by atoms with van der Waals surface area (Å²) in [6.45, 7) is 2.01. The first-order valence-corrected chi connectivity index (χ1v) is 8.66. The molecule has 0 spiro atoms. The Morgan fingerprint density at radius 3 is 2.41 bits per heavy atom. The summed E-state index contributed by atoms with van der Waals surface area (Å²) in [5, 5.41) is 3.81. The molecular formula is C19H19ClN6O. The summed E-state index contributed by atoms with van der Waals surface area (Å²) in [7, 11) is 0. The van der Waals surface area contributed by atoms with Crippen molar-refractivity contribution in [1.29, 1.82) is 0 Å². The number of hydrogen-bond acceptors (Lipinski definition) is 6. The van der Waals surface area contributed by atoms with Gasteiger partial charge in [-0.1, -0.05) is 41.9 Å². The zero-order valence-corrected chi connectivity index (χ0v) is 15.4. The van der Waals surface area contributed by atoms with Gasteiger partial charge >= 0.3 is 0 Å². The Labute approximate surface area is 162 Å². The van der Waals surface area contributed by atoms with Gasteiger partial charge in [-0.25, -0.2) is 9.97 Å². The number of nitrogen functional groups attached to an aromatic ring is 1. The predicted molar refractivity (Wildman–Crippen MR) is 107 cm³/mol. The minimum atomic E-state index is -0.336. The summed E-state index contributed by atoms with van der Waals surface area (Å²) in [6.07, 6.45) is 1.37. The fourth-order valence-electron chi connectivity index (χ4n) is 2.43. The van der Waals surface area contributed by atoms with Gasteiger partial charge in [-0.3, -0.25) is 15.6 Å². The van der Waals surface area contributed by atoms with Crippen molar-refractivity contribution < 1.29 is 4.79 Å². The number of nitrogens with two attached hydrogens (primary N) is 1. The maximum absolute atomic E-state index is 12.2. The molecule has 1 unspecified atom stereocenters. The second-order valence-corrected chi connectivity index (χ2v) is 6.28. The second-order valence-electron chi connectivity index (χ2n) is 5.85. The van der Waals surface area contributed by atoms with E-state index in [1.807, 2.05) is 37.3 Å². The lowest BCUT2D eigenvalue weighted by Crippen LogP contribution is -2.30. The first kappa shape index (κ1) is 18.5. The van der Waals surface area contributed by atoms with Crippen LogP contribution in [-0.4, -0.2) is 15.9 Å². The molecule has 1 amide bonds. The van der Waals surface area contributed by atoms with Crippen molar-refractivity contribution in [2.75, 3.05) is 16.5 Å². The lowest BCUT2D eigenvalue weighted by Gasteiger charge is -2.17. The van der Waals surface area contributed by atoms with Crippen LogP contribution in [0.4, 0.5) is 17.3 Å². The Morgan fingerprint density at radius 2 is 1.70 bits per heavy atom. The van der Waals surface area contributed by atoms with E-state index in [2.05, 4.69) is 26.1 Å². The molecule has 0 saturated heterocycles. The van der Waals surface area contributed by atoms with Crippen LogP contribution in [0.25, 0.3) is 0 Å². The Hall–Kier alpha value is -3.32. The van der Waals surface area contributed by atoms with E-state index in [0.717, 1.165) is 5.56 Å². The summed E-state index contributed by atoms with van der Waals surface area (Å²) < 4.78 is 0. The summed E-state index contributed by atoms with van der Waals surface area (Å²) in [5.41, 5.74) is 13.3. The highest BCUT2D eigenvalue weighted by molar-refractivity contribution is 6.30. The highest BCUT2D eigenvalue weighted by Gasteiger charge is 2.13. The zero-order valence-electron chi connectivity index (χ0n) is 14.6. The van der Waals surface area contributed by atoms with Crippen LogP contribution in [0.3, 0.4) is 0 Å². The fraction of sp³-hybridized carbons (Fsp3) is 0.105. The van der Waals surface area contributed by atoms with Gasteiger partial charge in [-0.15, -0.1) is 0 Å². The average Bonchev–Trinajstić information content (AvgIpc) is 2.69. The average molecular weight is 383 g/mol. The van der Waals surface area contributed by atoms with Crippen molar-refractivity contribution >= 4 is 34.8 Å². The van der Waals surface area contributed by atoms with Gasteiger partial charge in [0, 0.05) is 10.6 Å². The van der Waals surface area contributed by atoms with Crippen molar-refractivity contribution in [3.63, 3.8) is 0 Å². The van der Waals surface area contributed by atoms with Crippen molar-refractivity contribution in [3.05, 3.63) is 77.1 Å². The fourth-order valence-corrected chi connectivity index (χ4v) is 2.56. The molecule has 0 fully saturated rings. The third-order valence-electron chi connectivity index (χ3n) is 3.94. The number of hydrazine groups is 1. The van der Waals surface area contributed by atoms with Gasteiger partial charge in [-0.05, 0) is 36.8 Å². The molecule has 1 aromatic heterocycles. The quantitative estimate of drug-likeness (QED) is 0.485. The number of nitrogens with zero attached hydrogens (tertiary/aromatic N) is 2. The van der Waals surface area contributed by atoms with E-state index < -0.39 is 0 Å².